The topological polar surface area (TPSA) is 56.2 Å². The van der Waals surface area contributed by atoms with Crippen LogP contribution in [0.25, 0.3) is 0 Å². The number of ether oxygens (including phenoxy) is 1. The first-order valence-electron chi connectivity index (χ1n) is 6.98. The number of hydrogen-bond donors (Lipinski definition) is 1. The van der Waals surface area contributed by atoms with Crippen molar-refractivity contribution in [3.05, 3.63) is 18.2 Å². The molecule has 5 nitrogen and oxygen atoms in total. The molecule has 0 spiro atoms. The fourth-order valence-corrected chi connectivity index (χ4v) is 2.75. The van der Waals surface area contributed by atoms with E-state index in [0.717, 1.165) is 18.7 Å². The number of esters is 1. The number of carbonyl (C=O) groups is 1. The monoisotopic (exact) mass is 265 g/mol. The normalized spacial score (nSPS) is 21.4. The Labute approximate surface area is 114 Å². The molecule has 0 amide bonds. The summed E-state index contributed by atoms with van der Waals surface area (Å²) in [4.78, 5) is 16.2. The van der Waals surface area contributed by atoms with Gasteiger partial charge in [0.25, 0.3) is 0 Å². The number of nitrogens with zero attached hydrogens (tertiary/aromatic N) is 2. The second-order valence-electron chi connectivity index (χ2n) is 5.44. The fourth-order valence-electron chi connectivity index (χ4n) is 2.75. The third-order valence-corrected chi connectivity index (χ3v) is 3.74. The van der Waals surface area contributed by atoms with Crippen LogP contribution in [-0.4, -0.2) is 29.2 Å². The van der Waals surface area contributed by atoms with Crippen molar-refractivity contribution in [1.29, 1.82) is 0 Å². The molecule has 1 fully saturated rings. The largest absolute Gasteiger partial charge is 0.467 e. The van der Waals surface area contributed by atoms with Gasteiger partial charge in [-0.25, -0.2) is 9.78 Å². The Hall–Kier alpha value is -1.36. The Morgan fingerprint density at radius 3 is 2.89 bits per heavy atom. The van der Waals surface area contributed by atoms with Gasteiger partial charge in [0.05, 0.1) is 19.1 Å². The number of piperidine rings is 1. The van der Waals surface area contributed by atoms with Gasteiger partial charge in [0, 0.05) is 12.2 Å². The molecule has 2 rings (SSSR count). The molecule has 19 heavy (non-hydrogen) atoms. The van der Waals surface area contributed by atoms with E-state index in [1.807, 2.05) is 24.6 Å². The molecule has 5 heteroatoms. The first-order valence-corrected chi connectivity index (χ1v) is 6.98. The second kappa shape index (κ2) is 6.19. The Morgan fingerprint density at radius 2 is 2.32 bits per heavy atom. The van der Waals surface area contributed by atoms with Crippen LogP contribution in [0.2, 0.25) is 0 Å². The standard InChI is InChI=1S/C14H23N3O2/c1-10(2)13(14(18)19-3)17-9-15-8-12(17)11-6-4-5-7-16-11/h8-11,13,16H,4-7H2,1-3H3. The van der Waals surface area contributed by atoms with E-state index in [1.165, 1.54) is 20.0 Å². The minimum atomic E-state index is -0.300. The van der Waals surface area contributed by atoms with E-state index in [2.05, 4.69) is 10.3 Å². The van der Waals surface area contributed by atoms with Crippen LogP contribution in [0.5, 0.6) is 0 Å². The van der Waals surface area contributed by atoms with Gasteiger partial charge >= 0.3 is 5.97 Å². The van der Waals surface area contributed by atoms with Crippen molar-refractivity contribution >= 4 is 5.97 Å². The maximum atomic E-state index is 12.0. The van der Waals surface area contributed by atoms with Crippen molar-refractivity contribution in [2.24, 2.45) is 5.92 Å². The van der Waals surface area contributed by atoms with E-state index < -0.39 is 0 Å². The lowest BCUT2D eigenvalue weighted by Gasteiger charge is -2.28. The number of methoxy groups -OCH3 is 1. The van der Waals surface area contributed by atoms with Crippen LogP contribution < -0.4 is 5.32 Å². The number of carbonyl (C=O) groups excluding carboxylic acids is 1. The van der Waals surface area contributed by atoms with Crippen molar-refractivity contribution in [1.82, 2.24) is 14.9 Å². The highest BCUT2D eigenvalue weighted by Gasteiger charge is 2.29. The van der Waals surface area contributed by atoms with E-state index in [-0.39, 0.29) is 17.9 Å². The Kier molecular flexibility index (Phi) is 4.58. The van der Waals surface area contributed by atoms with Gasteiger partial charge in [0.2, 0.25) is 0 Å². The highest BCUT2D eigenvalue weighted by Crippen LogP contribution is 2.28. The average molecular weight is 265 g/mol. The van der Waals surface area contributed by atoms with Crippen LogP contribution in [0.4, 0.5) is 0 Å². The lowest BCUT2D eigenvalue weighted by molar-refractivity contribution is -0.146. The summed E-state index contributed by atoms with van der Waals surface area (Å²) in [6, 6.07) is -0.00613. The van der Waals surface area contributed by atoms with Crippen LogP contribution in [0, 0.1) is 5.92 Å². The van der Waals surface area contributed by atoms with Gasteiger partial charge in [-0.3, -0.25) is 0 Å². The van der Waals surface area contributed by atoms with Crippen molar-refractivity contribution < 1.29 is 9.53 Å². The Bertz CT molecular complexity index is 422. The van der Waals surface area contributed by atoms with E-state index in [9.17, 15) is 4.79 Å². The summed E-state index contributed by atoms with van der Waals surface area (Å²) in [5.41, 5.74) is 1.09. The molecule has 1 aliphatic rings. The number of aromatic nitrogens is 2. The minimum Gasteiger partial charge on any atom is -0.467 e. The minimum absolute atomic E-state index is 0.170. The predicted molar refractivity (Wildman–Crippen MR) is 72.7 cm³/mol. The van der Waals surface area contributed by atoms with Crippen LogP contribution in [0.1, 0.15) is 50.9 Å². The quantitative estimate of drug-likeness (QED) is 0.847. The van der Waals surface area contributed by atoms with Crippen LogP contribution in [0.3, 0.4) is 0 Å². The molecule has 0 aliphatic carbocycles. The van der Waals surface area contributed by atoms with Gasteiger partial charge in [-0.2, -0.15) is 0 Å². The van der Waals surface area contributed by atoms with Gasteiger partial charge in [-0.1, -0.05) is 20.3 Å². The summed E-state index contributed by atoms with van der Waals surface area (Å²) in [7, 11) is 1.44. The zero-order chi connectivity index (χ0) is 13.8. The van der Waals surface area contributed by atoms with Crippen molar-refractivity contribution in [3.63, 3.8) is 0 Å². The third kappa shape index (κ3) is 2.97. The summed E-state index contributed by atoms with van der Waals surface area (Å²) >= 11 is 0. The third-order valence-electron chi connectivity index (χ3n) is 3.74. The van der Waals surface area contributed by atoms with Gasteiger partial charge in [0.15, 0.2) is 0 Å². The van der Waals surface area contributed by atoms with Crippen LogP contribution in [-0.2, 0) is 9.53 Å². The molecule has 2 unspecified atom stereocenters. The van der Waals surface area contributed by atoms with E-state index in [0.29, 0.717) is 6.04 Å². The Balaban J connectivity index is 2.27. The first-order chi connectivity index (χ1) is 9.15. The van der Waals surface area contributed by atoms with E-state index in [1.54, 1.807) is 6.33 Å². The van der Waals surface area contributed by atoms with Crippen molar-refractivity contribution in [3.8, 4) is 0 Å². The molecular formula is C14H23N3O2. The van der Waals surface area contributed by atoms with Crippen molar-refractivity contribution in [2.45, 2.75) is 45.2 Å². The van der Waals surface area contributed by atoms with Gasteiger partial charge in [0.1, 0.15) is 6.04 Å². The number of rotatable bonds is 4. The van der Waals surface area contributed by atoms with Crippen LogP contribution in [0.15, 0.2) is 12.5 Å². The van der Waals surface area contributed by atoms with Crippen LogP contribution >= 0.6 is 0 Å². The van der Waals surface area contributed by atoms with E-state index in [4.69, 9.17) is 4.74 Å². The molecule has 1 aliphatic heterocycles. The zero-order valence-electron chi connectivity index (χ0n) is 11.9. The smallest absolute Gasteiger partial charge is 0.329 e. The number of imidazole rings is 1. The summed E-state index contributed by atoms with van der Waals surface area (Å²) < 4.78 is 6.90. The molecule has 0 aromatic carbocycles. The molecule has 2 atom stereocenters. The molecule has 1 saturated heterocycles. The van der Waals surface area contributed by atoms with Gasteiger partial charge < -0.3 is 14.6 Å². The maximum absolute atomic E-state index is 12.0. The Morgan fingerprint density at radius 1 is 1.53 bits per heavy atom. The molecule has 0 saturated carbocycles. The molecule has 1 aromatic rings. The number of hydrogen-bond acceptors (Lipinski definition) is 4. The van der Waals surface area contributed by atoms with Crippen molar-refractivity contribution in [2.75, 3.05) is 13.7 Å². The summed E-state index contributed by atoms with van der Waals surface area (Å²) in [6.45, 7) is 5.08. The molecule has 1 aromatic heterocycles. The molecule has 106 valence electrons. The zero-order valence-corrected chi connectivity index (χ0v) is 11.9. The highest BCUT2D eigenvalue weighted by atomic mass is 16.5. The lowest BCUT2D eigenvalue weighted by atomic mass is 10.00. The molecule has 2 heterocycles. The first kappa shape index (κ1) is 14.1. The molecule has 0 radical (unpaired) electrons. The summed E-state index contributed by atoms with van der Waals surface area (Å²) in [5.74, 6) is -0.0333. The average Bonchev–Trinajstić information content (AvgIpc) is 2.88. The second-order valence-corrected chi connectivity index (χ2v) is 5.44. The highest BCUT2D eigenvalue weighted by molar-refractivity contribution is 5.74. The van der Waals surface area contributed by atoms with Gasteiger partial charge in [-0.15, -0.1) is 0 Å². The predicted octanol–water partition coefficient (Wildman–Crippen LogP) is 2.07. The summed E-state index contributed by atoms with van der Waals surface area (Å²) in [5, 5.41) is 3.50. The maximum Gasteiger partial charge on any atom is 0.329 e. The van der Waals surface area contributed by atoms with Gasteiger partial charge in [-0.05, 0) is 25.3 Å². The molecule has 1 N–H and O–H groups in total. The molecular weight excluding hydrogens is 242 g/mol. The fraction of sp³-hybridized carbons (Fsp3) is 0.714. The molecule has 0 bridgehead atoms. The lowest BCUT2D eigenvalue weighted by Crippen LogP contribution is -2.32. The summed E-state index contributed by atoms with van der Waals surface area (Å²) in [6.07, 6.45) is 7.13. The van der Waals surface area contributed by atoms with E-state index >= 15 is 0 Å². The SMILES string of the molecule is COC(=O)C(C(C)C)n1cncc1C1CCCCN1. The number of nitrogens with one attached hydrogen (secondary N) is 1.